The number of hydrogen-bond acceptors (Lipinski definition) is 3. The fourth-order valence-corrected chi connectivity index (χ4v) is 3.64. The van der Waals surface area contributed by atoms with Gasteiger partial charge in [0.2, 0.25) is 0 Å². The molecule has 1 N–H and O–H groups in total. The first-order valence-electron chi connectivity index (χ1n) is 8.14. The van der Waals surface area contributed by atoms with Gasteiger partial charge >= 0.3 is 24.5 Å². The highest BCUT2D eigenvalue weighted by Gasteiger charge is 2.71. The monoisotopic (exact) mass is 430 g/mol. The molecule has 0 radical (unpaired) electrons. The van der Waals surface area contributed by atoms with Crippen molar-refractivity contribution in [3.8, 4) is 0 Å². The summed E-state index contributed by atoms with van der Waals surface area (Å²) in [5, 5.41) is 9.12. The van der Waals surface area contributed by atoms with Crippen LogP contribution in [0.25, 0.3) is 0 Å². The number of carbonyl (C=O) groups excluding carboxylic acids is 1. The molecule has 0 heterocycles. The summed E-state index contributed by atoms with van der Waals surface area (Å²) < 4.78 is 113. The largest absolute Gasteiger partial charge is 0.465 e. The highest BCUT2D eigenvalue weighted by molar-refractivity contribution is 5.88. The van der Waals surface area contributed by atoms with Crippen LogP contribution >= 0.6 is 0 Å². The number of rotatable bonds is 3. The molecular formula is C16H19F9O3. The van der Waals surface area contributed by atoms with Crippen molar-refractivity contribution in [3.05, 3.63) is 12.2 Å². The second-order valence-electron chi connectivity index (χ2n) is 6.96. The van der Waals surface area contributed by atoms with Crippen molar-refractivity contribution in [1.29, 1.82) is 0 Å². The van der Waals surface area contributed by atoms with Gasteiger partial charge in [0.1, 0.15) is 5.57 Å². The van der Waals surface area contributed by atoms with Gasteiger partial charge in [-0.05, 0) is 43.4 Å². The first-order valence-corrected chi connectivity index (χ1v) is 8.14. The van der Waals surface area contributed by atoms with Crippen LogP contribution in [-0.2, 0) is 9.53 Å². The zero-order valence-electron chi connectivity index (χ0n) is 14.6. The van der Waals surface area contributed by atoms with E-state index in [-0.39, 0.29) is 11.8 Å². The lowest BCUT2D eigenvalue weighted by Crippen LogP contribution is -2.58. The van der Waals surface area contributed by atoms with Gasteiger partial charge in [-0.15, -0.1) is 0 Å². The number of fused-ring (bicyclic) bond motifs is 2. The summed E-state index contributed by atoms with van der Waals surface area (Å²) in [6.45, 7) is 2.50. The molecule has 3 unspecified atom stereocenters. The average Bonchev–Trinajstić information content (AvgIpc) is 3.13. The molecule has 0 amide bonds. The first kappa shape index (κ1) is 24.6. The maximum atomic E-state index is 12.5. The van der Waals surface area contributed by atoms with Gasteiger partial charge in [-0.2, -0.15) is 39.5 Å². The van der Waals surface area contributed by atoms with Gasteiger partial charge in [-0.3, -0.25) is 0 Å². The number of methoxy groups -OCH3 is 1. The molecule has 2 saturated carbocycles. The Kier molecular flexibility index (Phi) is 7.12. The molecule has 0 aromatic rings. The summed E-state index contributed by atoms with van der Waals surface area (Å²) >= 11 is 0. The van der Waals surface area contributed by atoms with Crippen LogP contribution in [0.1, 0.15) is 32.1 Å². The number of hydrogen-bond donors (Lipinski definition) is 1. The Morgan fingerprint density at radius 3 is 1.75 bits per heavy atom. The van der Waals surface area contributed by atoms with E-state index >= 15 is 0 Å². The highest BCUT2D eigenvalue weighted by atomic mass is 19.4. The third-order valence-corrected chi connectivity index (χ3v) is 5.15. The molecule has 2 aliphatic rings. The van der Waals surface area contributed by atoms with Crippen LogP contribution in [-0.4, -0.2) is 42.3 Å². The standard InChI is InChI=1S/C11H14F6O.C5H5F3O2/c12-10(13,14)9(18,11(15,16)17)5-8-4-6-1-2-7(8)3-6;1-3(4(9)10-2)5(6,7)8/h6-8,18H,1-5H2;1H2,2H3. The van der Waals surface area contributed by atoms with Gasteiger partial charge < -0.3 is 9.84 Å². The Morgan fingerprint density at radius 2 is 1.50 bits per heavy atom. The summed E-state index contributed by atoms with van der Waals surface area (Å²) in [5.41, 5.74) is -6.05. The van der Waals surface area contributed by atoms with E-state index in [0.717, 1.165) is 13.5 Å². The summed E-state index contributed by atoms with van der Waals surface area (Å²) in [6.07, 6.45) is -14.6. The van der Waals surface area contributed by atoms with Gasteiger partial charge in [0.25, 0.3) is 5.60 Å². The Balaban J connectivity index is 0.000000336. The van der Waals surface area contributed by atoms with E-state index in [2.05, 4.69) is 11.3 Å². The lowest BCUT2D eigenvalue weighted by molar-refractivity contribution is -0.373. The van der Waals surface area contributed by atoms with E-state index < -0.39 is 48.0 Å². The lowest BCUT2D eigenvalue weighted by atomic mass is 9.79. The fourth-order valence-electron chi connectivity index (χ4n) is 3.64. The average molecular weight is 430 g/mol. The molecule has 2 aliphatic carbocycles. The van der Waals surface area contributed by atoms with E-state index in [1.54, 1.807) is 0 Å². The molecule has 2 rings (SSSR count). The SMILES string of the molecule is C=C(C(=O)OC)C(F)(F)F.OC(CC1CC2CCC1C2)(C(F)(F)F)C(F)(F)F. The van der Waals surface area contributed by atoms with Crippen LogP contribution in [0.15, 0.2) is 12.2 Å². The molecule has 0 aromatic carbocycles. The van der Waals surface area contributed by atoms with Crippen molar-refractivity contribution >= 4 is 5.97 Å². The maximum Gasteiger partial charge on any atom is 0.426 e. The molecular weight excluding hydrogens is 411 g/mol. The van der Waals surface area contributed by atoms with Crippen LogP contribution in [0, 0.1) is 17.8 Å². The predicted molar refractivity (Wildman–Crippen MR) is 77.8 cm³/mol. The van der Waals surface area contributed by atoms with Crippen LogP contribution in [0.2, 0.25) is 0 Å². The first-order chi connectivity index (χ1) is 12.4. The molecule has 2 bridgehead atoms. The quantitative estimate of drug-likeness (QED) is 0.392. The molecule has 0 saturated heterocycles. The summed E-state index contributed by atoms with van der Waals surface area (Å²) in [6, 6.07) is 0. The zero-order chi connectivity index (χ0) is 22.1. The number of aliphatic hydroxyl groups is 1. The molecule has 0 aromatic heterocycles. The Hall–Kier alpha value is -1.46. The molecule has 164 valence electrons. The second kappa shape index (κ2) is 8.11. The normalized spacial score (nSPS) is 25.2. The van der Waals surface area contributed by atoms with Crippen LogP contribution in [0.5, 0.6) is 0 Å². The molecule has 3 nitrogen and oxygen atoms in total. The molecule has 3 atom stereocenters. The maximum absolute atomic E-state index is 12.5. The van der Waals surface area contributed by atoms with Gasteiger partial charge in [0.15, 0.2) is 0 Å². The van der Waals surface area contributed by atoms with E-state index in [9.17, 15) is 44.3 Å². The van der Waals surface area contributed by atoms with Crippen molar-refractivity contribution in [2.75, 3.05) is 7.11 Å². The van der Waals surface area contributed by atoms with Crippen molar-refractivity contribution in [3.63, 3.8) is 0 Å². The number of alkyl halides is 9. The predicted octanol–water partition coefficient (Wildman–Crippen LogP) is 4.95. The third kappa shape index (κ3) is 5.32. The minimum atomic E-state index is -5.67. The van der Waals surface area contributed by atoms with E-state index in [4.69, 9.17) is 5.11 Å². The lowest BCUT2D eigenvalue weighted by Gasteiger charge is -2.36. The number of esters is 1. The van der Waals surface area contributed by atoms with Crippen molar-refractivity contribution < 1.29 is 54.2 Å². The highest BCUT2D eigenvalue weighted by Crippen LogP contribution is 2.55. The Morgan fingerprint density at radius 1 is 1.00 bits per heavy atom. The topological polar surface area (TPSA) is 46.5 Å². The van der Waals surface area contributed by atoms with Gasteiger partial charge in [0, 0.05) is 0 Å². The van der Waals surface area contributed by atoms with Crippen LogP contribution in [0.3, 0.4) is 0 Å². The molecule has 0 aliphatic heterocycles. The fraction of sp³-hybridized carbons (Fsp3) is 0.812. The van der Waals surface area contributed by atoms with E-state index in [0.29, 0.717) is 19.3 Å². The molecule has 12 heteroatoms. The summed E-state index contributed by atoms with van der Waals surface area (Å²) in [7, 11) is 0.860. The number of ether oxygens (including phenoxy) is 1. The minimum Gasteiger partial charge on any atom is -0.465 e. The third-order valence-electron chi connectivity index (χ3n) is 5.15. The summed E-state index contributed by atoms with van der Waals surface area (Å²) in [4.78, 5) is 10.1. The van der Waals surface area contributed by atoms with Crippen molar-refractivity contribution in [2.24, 2.45) is 17.8 Å². The Bertz CT molecular complexity index is 563. The van der Waals surface area contributed by atoms with E-state index in [1.807, 2.05) is 0 Å². The molecule has 28 heavy (non-hydrogen) atoms. The van der Waals surface area contributed by atoms with Crippen molar-refractivity contribution in [2.45, 2.75) is 56.2 Å². The van der Waals surface area contributed by atoms with Gasteiger partial charge in [-0.1, -0.05) is 13.0 Å². The van der Waals surface area contributed by atoms with E-state index in [1.165, 1.54) is 0 Å². The molecule has 2 fully saturated rings. The second-order valence-corrected chi connectivity index (χ2v) is 6.96. The Labute approximate surface area is 154 Å². The van der Waals surface area contributed by atoms with Gasteiger partial charge in [0.05, 0.1) is 7.11 Å². The number of carbonyl (C=O) groups is 1. The smallest absolute Gasteiger partial charge is 0.426 e. The summed E-state index contributed by atoms with van der Waals surface area (Å²) in [5.74, 6) is -1.97. The van der Waals surface area contributed by atoms with Crippen LogP contribution < -0.4 is 0 Å². The van der Waals surface area contributed by atoms with Crippen molar-refractivity contribution in [1.82, 2.24) is 0 Å². The zero-order valence-corrected chi connectivity index (χ0v) is 14.6. The van der Waals surface area contributed by atoms with Crippen LogP contribution in [0.4, 0.5) is 39.5 Å². The molecule has 0 spiro atoms. The minimum absolute atomic E-state index is 0.0915. The van der Waals surface area contributed by atoms with Gasteiger partial charge in [-0.25, -0.2) is 4.79 Å². The number of halogens is 9.